The summed E-state index contributed by atoms with van der Waals surface area (Å²) in [6.45, 7) is 5.11. The van der Waals surface area contributed by atoms with E-state index >= 15 is 0 Å². The summed E-state index contributed by atoms with van der Waals surface area (Å²) in [5.41, 5.74) is 9.81. The Morgan fingerprint density at radius 1 is 1.19 bits per heavy atom. The van der Waals surface area contributed by atoms with Gasteiger partial charge in [-0.1, -0.05) is 61.9 Å². The summed E-state index contributed by atoms with van der Waals surface area (Å²) in [5.74, 6) is 0.550. The molecule has 0 aliphatic heterocycles. The number of anilines is 1. The number of nitrogens with two attached hydrogens (primary N) is 1. The number of nitrogens with one attached hydrogen (secondary N) is 1. The van der Waals surface area contributed by atoms with Gasteiger partial charge in [0.1, 0.15) is 4.99 Å². The highest BCUT2D eigenvalue weighted by molar-refractivity contribution is 7.80. The Bertz CT molecular complexity index is 636. The molecule has 0 heterocycles. The number of thiocarbonyl (C=S) groups is 1. The Morgan fingerprint density at radius 3 is 2.38 bits per heavy atom. The van der Waals surface area contributed by atoms with Crippen molar-refractivity contribution in [3.63, 3.8) is 0 Å². The molecule has 0 atom stereocenters. The third-order valence-electron chi connectivity index (χ3n) is 3.38. The van der Waals surface area contributed by atoms with E-state index in [1.807, 2.05) is 12.1 Å². The van der Waals surface area contributed by atoms with Gasteiger partial charge in [-0.25, -0.2) is 0 Å². The summed E-state index contributed by atoms with van der Waals surface area (Å²) >= 11 is 11.2. The average Bonchev–Trinajstić information content (AvgIpc) is 2.46. The molecule has 0 bridgehead atoms. The van der Waals surface area contributed by atoms with E-state index in [1.165, 1.54) is 11.1 Å². The first kappa shape index (κ1) is 15.8. The van der Waals surface area contributed by atoms with Crippen LogP contribution in [0.4, 0.5) is 5.69 Å². The molecule has 4 heteroatoms. The van der Waals surface area contributed by atoms with E-state index in [4.69, 9.17) is 29.6 Å². The molecule has 0 saturated heterocycles. The largest absolute Gasteiger partial charge is 0.389 e. The Balaban J connectivity index is 2.04. The Morgan fingerprint density at radius 2 is 1.86 bits per heavy atom. The van der Waals surface area contributed by atoms with E-state index in [2.05, 4.69) is 43.4 Å². The lowest BCUT2D eigenvalue weighted by atomic mass is 10.0. The van der Waals surface area contributed by atoms with Crippen LogP contribution in [0, 0.1) is 0 Å². The fourth-order valence-electron chi connectivity index (χ4n) is 2.03. The first-order chi connectivity index (χ1) is 9.97. The quantitative estimate of drug-likeness (QED) is 0.784. The Hall–Kier alpha value is -1.58. The molecule has 0 unspecified atom stereocenters. The summed E-state index contributed by atoms with van der Waals surface area (Å²) in [5, 5.41) is 3.95. The molecule has 0 spiro atoms. The van der Waals surface area contributed by atoms with Gasteiger partial charge < -0.3 is 11.1 Å². The van der Waals surface area contributed by atoms with E-state index in [-0.39, 0.29) is 0 Å². The lowest BCUT2D eigenvalue weighted by Gasteiger charge is -2.11. The SMILES string of the molecule is CC(C)c1ccc(CNc2ccc(C(N)=S)cc2Cl)cc1. The molecule has 21 heavy (non-hydrogen) atoms. The molecule has 2 nitrogen and oxygen atoms in total. The van der Waals surface area contributed by atoms with Crippen LogP contribution in [0.2, 0.25) is 5.02 Å². The molecule has 110 valence electrons. The Kier molecular flexibility index (Phi) is 5.21. The van der Waals surface area contributed by atoms with Gasteiger partial charge in [-0.2, -0.15) is 0 Å². The molecule has 2 aromatic rings. The molecule has 0 aliphatic carbocycles. The third-order valence-corrected chi connectivity index (χ3v) is 3.93. The maximum atomic E-state index is 6.23. The maximum absolute atomic E-state index is 6.23. The smallest absolute Gasteiger partial charge is 0.104 e. The molecular formula is C17H19ClN2S. The second-order valence-corrected chi connectivity index (χ2v) is 6.16. The predicted octanol–water partition coefficient (Wildman–Crippen LogP) is 4.71. The van der Waals surface area contributed by atoms with Crippen LogP contribution in [0.15, 0.2) is 42.5 Å². The van der Waals surface area contributed by atoms with Gasteiger partial charge in [-0.05, 0) is 35.2 Å². The van der Waals surface area contributed by atoms with Crippen molar-refractivity contribution in [3.8, 4) is 0 Å². The summed E-state index contributed by atoms with van der Waals surface area (Å²) < 4.78 is 0. The zero-order valence-electron chi connectivity index (χ0n) is 12.2. The van der Waals surface area contributed by atoms with Crippen LogP contribution >= 0.6 is 23.8 Å². The fraction of sp³-hybridized carbons (Fsp3) is 0.235. The first-order valence-electron chi connectivity index (χ1n) is 6.89. The van der Waals surface area contributed by atoms with Crippen LogP contribution in [0.1, 0.15) is 36.5 Å². The lowest BCUT2D eigenvalue weighted by molar-refractivity contribution is 0.865. The number of rotatable bonds is 5. The van der Waals surface area contributed by atoms with Crippen molar-refractivity contribution >= 4 is 34.5 Å². The van der Waals surface area contributed by atoms with Crippen LogP contribution in [-0.4, -0.2) is 4.99 Å². The molecule has 2 rings (SSSR count). The van der Waals surface area contributed by atoms with Crippen LogP contribution in [-0.2, 0) is 6.54 Å². The number of halogens is 1. The first-order valence-corrected chi connectivity index (χ1v) is 7.68. The zero-order valence-corrected chi connectivity index (χ0v) is 13.8. The molecule has 0 saturated carbocycles. The van der Waals surface area contributed by atoms with Crippen molar-refractivity contribution in [2.75, 3.05) is 5.32 Å². The van der Waals surface area contributed by atoms with Gasteiger partial charge in [0.05, 0.1) is 10.7 Å². The standard InChI is InChI=1S/C17H19ClN2S/c1-11(2)13-5-3-12(4-6-13)10-20-16-8-7-14(17(19)21)9-15(16)18/h3-9,11,20H,10H2,1-2H3,(H2,19,21). The molecule has 0 aliphatic rings. The van der Waals surface area contributed by atoms with Gasteiger partial charge in [0.15, 0.2) is 0 Å². The monoisotopic (exact) mass is 318 g/mol. The highest BCUT2D eigenvalue weighted by Crippen LogP contribution is 2.24. The van der Waals surface area contributed by atoms with Crippen molar-refractivity contribution < 1.29 is 0 Å². The molecule has 2 aromatic carbocycles. The summed E-state index contributed by atoms with van der Waals surface area (Å²) in [7, 11) is 0. The minimum Gasteiger partial charge on any atom is -0.389 e. The molecule has 0 radical (unpaired) electrons. The minimum atomic E-state index is 0.354. The number of hydrogen-bond acceptors (Lipinski definition) is 2. The molecule has 0 aromatic heterocycles. The van der Waals surface area contributed by atoms with Crippen LogP contribution in [0.25, 0.3) is 0 Å². The van der Waals surface area contributed by atoms with E-state index in [9.17, 15) is 0 Å². The predicted molar refractivity (Wildman–Crippen MR) is 95.2 cm³/mol. The van der Waals surface area contributed by atoms with Crippen molar-refractivity contribution in [2.45, 2.75) is 26.3 Å². The van der Waals surface area contributed by atoms with Gasteiger partial charge in [0.25, 0.3) is 0 Å². The second-order valence-electron chi connectivity index (χ2n) is 5.31. The van der Waals surface area contributed by atoms with Gasteiger partial charge in [0.2, 0.25) is 0 Å². The molecular weight excluding hydrogens is 300 g/mol. The maximum Gasteiger partial charge on any atom is 0.104 e. The summed E-state index contributed by atoms with van der Waals surface area (Å²) in [6.07, 6.45) is 0. The van der Waals surface area contributed by atoms with Crippen molar-refractivity contribution in [1.29, 1.82) is 0 Å². The van der Waals surface area contributed by atoms with Crippen LogP contribution < -0.4 is 11.1 Å². The summed E-state index contributed by atoms with van der Waals surface area (Å²) in [6, 6.07) is 14.2. The van der Waals surface area contributed by atoms with E-state index in [0.29, 0.717) is 15.9 Å². The van der Waals surface area contributed by atoms with Crippen LogP contribution in [0.3, 0.4) is 0 Å². The zero-order chi connectivity index (χ0) is 15.4. The molecule has 3 N–H and O–H groups in total. The lowest BCUT2D eigenvalue weighted by Crippen LogP contribution is -2.09. The van der Waals surface area contributed by atoms with E-state index in [1.54, 1.807) is 6.07 Å². The van der Waals surface area contributed by atoms with Crippen molar-refractivity contribution in [1.82, 2.24) is 0 Å². The minimum absolute atomic E-state index is 0.354. The van der Waals surface area contributed by atoms with Gasteiger partial charge in [-0.15, -0.1) is 0 Å². The highest BCUT2D eigenvalue weighted by Gasteiger charge is 2.04. The van der Waals surface area contributed by atoms with Gasteiger partial charge >= 0.3 is 0 Å². The van der Waals surface area contributed by atoms with E-state index < -0.39 is 0 Å². The van der Waals surface area contributed by atoms with Gasteiger partial charge in [-0.3, -0.25) is 0 Å². The summed E-state index contributed by atoms with van der Waals surface area (Å²) in [4.78, 5) is 0.354. The fourth-order valence-corrected chi connectivity index (χ4v) is 2.40. The average molecular weight is 319 g/mol. The number of benzene rings is 2. The van der Waals surface area contributed by atoms with Gasteiger partial charge in [0, 0.05) is 12.1 Å². The van der Waals surface area contributed by atoms with E-state index in [0.717, 1.165) is 17.8 Å². The third kappa shape index (κ3) is 4.19. The van der Waals surface area contributed by atoms with Crippen LogP contribution in [0.5, 0.6) is 0 Å². The normalized spacial score (nSPS) is 10.7. The second kappa shape index (κ2) is 6.92. The highest BCUT2D eigenvalue weighted by atomic mass is 35.5. The van der Waals surface area contributed by atoms with Crippen molar-refractivity contribution in [3.05, 3.63) is 64.2 Å². The number of hydrogen-bond donors (Lipinski definition) is 2. The Labute approximate surface area is 136 Å². The topological polar surface area (TPSA) is 38.0 Å². The molecule has 0 fully saturated rings. The van der Waals surface area contributed by atoms with Crippen molar-refractivity contribution in [2.24, 2.45) is 5.73 Å². The molecule has 0 amide bonds.